The molecule has 2 aliphatic heterocycles. The molecule has 3 amide bonds. The molecule has 1 unspecified atom stereocenters. The number of nitrogens with zero attached hydrogens (tertiary/aromatic N) is 2. The minimum atomic E-state index is -0.503. The molecule has 2 aliphatic rings. The zero-order chi connectivity index (χ0) is 28.2. The molecule has 0 saturated carbocycles. The number of ether oxygens (including phenoxy) is 4. The van der Waals surface area contributed by atoms with E-state index in [0.717, 1.165) is 6.42 Å². The van der Waals surface area contributed by atoms with Gasteiger partial charge in [-0.3, -0.25) is 19.4 Å². The quantitative estimate of drug-likeness (QED) is 0.410. The number of hydrogen-bond acceptors (Lipinski definition) is 7. The van der Waals surface area contributed by atoms with Crippen molar-refractivity contribution < 1.29 is 33.3 Å². The van der Waals surface area contributed by atoms with Crippen molar-refractivity contribution in [2.45, 2.75) is 52.2 Å². The topological polar surface area (TPSA) is 107 Å². The highest BCUT2D eigenvalue weighted by Gasteiger charge is 2.35. The van der Waals surface area contributed by atoms with Crippen LogP contribution in [0.5, 0.6) is 11.5 Å². The lowest BCUT2D eigenvalue weighted by molar-refractivity contribution is -0.120. The molecule has 0 aliphatic carbocycles. The van der Waals surface area contributed by atoms with Gasteiger partial charge in [-0.2, -0.15) is 0 Å². The van der Waals surface area contributed by atoms with Crippen LogP contribution in [0.3, 0.4) is 0 Å². The van der Waals surface area contributed by atoms with Gasteiger partial charge < -0.3 is 24.3 Å². The first kappa shape index (κ1) is 28.4. The number of benzene rings is 2. The zero-order valence-electron chi connectivity index (χ0n) is 23.2. The summed E-state index contributed by atoms with van der Waals surface area (Å²) in [5.41, 5.74) is 1.59. The average molecular weight is 540 g/mol. The molecular weight excluding hydrogens is 502 g/mol. The summed E-state index contributed by atoms with van der Waals surface area (Å²) in [4.78, 5) is 40.5. The SMILES string of the molecule is COC(C)(C)CCOCC(C)CC(=O)N1c2ccccc2Oc2cc(N3C[C@H](CNC(C)=O)OC3=O)ccc21. The van der Waals surface area contributed by atoms with Crippen molar-refractivity contribution in [1.82, 2.24) is 5.32 Å². The summed E-state index contributed by atoms with van der Waals surface area (Å²) < 4.78 is 22.8. The lowest BCUT2D eigenvalue weighted by Gasteiger charge is -2.32. The van der Waals surface area contributed by atoms with Crippen LogP contribution in [-0.4, -0.2) is 63.0 Å². The highest BCUT2D eigenvalue weighted by atomic mass is 16.6. The molecule has 1 fully saturated rings. The molecule has 2 heterocycles. The molecule has 10 nitrogen and oxygen atoms in total. The van der Waals surface area contributed by atoms with Gasteiger partial charge in [0.25, 0.3) is 0 Å². The average Bonchev–Trinajstić information content (AvgIpc) is 3.28. The maximum Gasteiger partial charge on any atom is 0.414 e. The first-order chi connectivity index (χ1) is 18.6. The molecule has 0 bridgehead atoms. The van der Waals surface area contributed by atoms with Gasteiger partial charge in [0.15, 0.2) is 11.5 Å². The van der Waals surface area contributed by atoms with Gasteiger partial charge >= 0.3 is 6.09 Å². The van der Waals surface area contributed by atoms with Gasteiger partial charge in [-0.25, -0.2) is 4.79 Å². The Morgan fingerprint density at radius 3 is 2.64 bits per heavy atom. The van der Waals surface area contributed by atoms with Crippen LogP contribution in [0, 0.1) is 5.92 Å². The zero-order valence-corrected chi connectivity index (χ0v) is 23.2. The number of para-hydroxylation sites is 2. The Kier molecular flexibility index (Phi) is 8.76. The predicted octanol–water partition coefficient (Wildman–Crippen LogP) is 4.78. The Hall–Kier alpha value is -3.63. The number of amides is 3. The smallest absolute Gasteiger partial charge is 0.414 e. The van der Waals surface area contributed by atoms with E-state index in [4.69, 9.17) is 18.9 Å². The second kappa shape index (κ2) is 12.0. The fourth-order valence-corrected chi connectivity index (χ4v) is 4.43. The molecule has 0 spiro atoms. The summed E-state index contributed by atoms with van der Waals surface area (Å²) in [7, 11) is 1.68. The predicted molar refractivity (Wildman–Crippen MR) is 147 cm³/mol. The van der Waals surface area contributed by atoms with E-state index in [9.17, 15) is 14.4 Å². The van der Waals surface area contributed by atoms with Gasteiger partial charge in [0.1, 0.15) is 6.10 Å². The van der Waals surface area contributed by atoms with E-state index in [-0.39, 0.29) is 42.8 Å². The minimum absolute atomic E-state index is 0.000743. The summed E-state index contributed by atoms with van der Waals surface area (Å²) in [5, 5.41) is 2.67. The van der Waals surface area contributed by atoms with Crippen LogP contribution in [0.25, 0.3) is 0 Å². The van der Waals surface area contributed by atoms with Gasteiger partial charge in [-0.1, -0.05) is 19.1 Å². The third-order valence-corrected chi connectivity index (χ3v) is 6.85. The molecule has 2 atom stereocenters. The Morgan fingerprint density at radius 2 is 1.90 bits per heavy atom. The van der Waals surface area contributed by atoms with Crippen molar-refractivity contribution in [3.05, 3.63) is 42.5 Å². The van der Waals surface area contributed by atoms with Gasteiger partial charge in [0, 0.05) is 39.7 Å². The van der Waals surface area contributed by atoms with E-state index in [0.29, 0.717) is 41.8 Å². The van der Waals surface area contributed by atoms with Crippen LogP contribution in [0.4, 0.5) is 21.9 Å². The Bertz CT molecular complexity index is 1220. The third kappa shape index (κ3) is 6.88. The summed E-state index contributed by atoms with van der Waals surface area (Å²) in [6.07, 6.45) is 0.0837. The minimum Gasteiger partial charge on any atom is -0.453 e. The second-order valence-electron chi connectivity index (χ2n) is 10.6. The molecule has 1 saturated heterocycles. The molecule has 39 heavy (non-hydrogen) atoms. The maximum atomic E-state index is 13.6. The van der Waals surface area contributed by atoms with Crippen molar-refractivity contribution in [3.63, 3.8) is 0 Å². The number of hydrogen-bond donors (Lipinski definition) is 1. The third-order valence-electron chi connectivity index (χ3n) is 6.85. The first-order valence-electron chi connectivity index (χ1n) is 13.2. The molecule has 0 aromatic heterocycles. The van der Waals surface area contributed by atoms with E-state index < -0.39 is 12.2 Å². The van der Waals surface area contributed by atoms with E-state index in [1.54, 1.807) is 30.2 Å². The fraction of sp³-hybridized carbons (Fsp3) is 0.483. The van der Waals surface area contributed by atoms with Crippen molar-refractivity contribution in [1.29, 1.82) is 0 Å². The van der Waals surface area contributed by atoms with Crippen molar-refractivity contribution in [2.75, 3.05) is 43.2 Å². The van der Waals surface area contributed by atoms with Crippen LogP contribution in [0.1, 0.15) is 40.5 Å². The maximum absolute atomic E-state index is 13.6. The fourth-order valence-electron chi connectivity index (χ4n) is 4.43. The van der Waals surface area contributed by atoms with Gasteiger partial charge in [0.05, 0.1) is 35.8 Å². The lowest BCUT2D eigenvalue weighted by Crippen LogP contribution is -2.33. The standard InChI is InChI=1S/C29H37N3O7/c1-19(18-37-13-12-29(3,4)36-5)14-27(34)32-23-8-6-7-9-25(23)39-26-15-21(10-11-24(26)32)31-17-22(38-28(31)35)16-30-20(2)33/h6-11,15,19,22H,12-14,16-18H2,1-5H3,(H,30,33)/t19?,22-/m0/s1. The van der Waals surface area contributed by atoms with Gasteiger partial charge in [-0.15, -0.1) is 0 Å². The number of anilines is 3. The summed E-state index contributed by atoms with van der Waals surface area (Å²) in [6, 6.07) is 12.6. The van der Waals surface area contributed by atoms with Crippen molar-refractivity contribution in [3.8, 4) is 11.5 Å². The second-order valence-corrected chi connectivity index (χ2v) is 10.6. The van der Waals surface area contributed by atoms with E-state index >= 15 is 0 Å². The van der Waals surface area contributed by atoms with Crippen LogP contribution in [-0.2, 0) is 23.8 Å². The number of methoxy groups -OCH3 is 1. The molecule has 1 N–H and O–H groups in total. The molecule has 4 rings (SSSR count). The number of carbonyl (C=O) groups is 3. The molecule has 2 aromatic carbocycles. The van der Waals surface area contributed by atoms with Crippen LogP contribution in [0.15, 0.2) is 42.5 Å². The molecule has 10 heteroatoms. The van der Waals surface area contributed by atoms with Crippen LogP contribution >= 0.6 is 0 Å². The van der Waals surface area contributed by atoms with E-state index in [1.165, 1.54) is 11.8 Å². The molecular formula is C29H37N3O7. The molecule has 210 valence electrons. The van der Waals surface area contributed by atoms with Gasteiger partial charge in [-0.05, 0) is 50.5 Å². The summed E-state index contributed by atoms with van der Waals surface area (Å²) in [5.74, 6) is 0.743. The largest absolute Gasteiger partial charge is 0.453 e. The Morgan fingerprint density at radius 1 is 1.15 bits per heavy atom. The number of nitrogens with one attached hydrogen (secondary N) is 1. The van der Waals surface area contributed by atoms with Crippen molar-refractivity contribution in [2.24, 2.45) is 5.92 Å². The number of fused-ring (bicyclic) bond motifs is 2. The van der Waals surface area contributed by atoms with E-state index in [2.05, 4.69) is 5.32 Å². The normalized spacial score (nSPS) is 17.2. The lowest BCUT2D eigenvalue weighted by atomic mass is 10.1. The molecule has 2 aromatic rings. The Balaban J connectivity index is 1.48. The van der Waals surface area contributed by atoms with Crippen molar-refractivity contribution >= 4 is 35.0 Å². The monoisotopic (exact) mass is 539 g/mol. The number of cyclic esters (lactones) is 1. The van der Waals surface area contributed by atoms with Crippen LogP contribution in [0.2, 0.25) is 0 Å². The molecule has 0 radical (unpaired) electrons. The van der Waals surface area contributed by atoms with Crippen LogP contribution < -0.4 is 19.9 Å². The van der Waals surface area contributed by atoms with E-state index in [1.807, 2.05) is 45.0 Å². The summed E-state index contributed by atoms with van der Waals surface area (Å²) in [6.45, 7) is 8.97. The first-order valence-corrected chi connectivity index (χ1v) is 13.2. The Labute approximate surface area is 229 Å². The number of rotatable bonds is 11. The highest BCUT2D eigenvalue weighted by Crippen LogP contribution is 2.48. The number of carbonyl (C=O) groups excluding carboxylic acids is 3. The highest BCUT2D eigenvalue weighted by molar-refractivity contribution is 6.05. The van der Waals surface area contributed by atoms with Gasteiger partial charge in [0.2, 0.25) is 11.8 Å². The summed E-state index contributed by atoms with van der Waals surface area (Å²) >= 11 is 0.